The van der Waals surface area contributed by atoms with Crippen LogP contribution in [0.25, 0.3) is 5.57 Å². The molecular formula is C23H28N5O+. The molecule has 2 aromatic heterocycles. The molecule has 3 aromatic rings. The van der Waals surface area contributed by atoms with Crippen LogP contribution >= 0.6 is 0 Å². The van der Waals surface area contributed by atoms with E-state index in [-0.39, 0.29) is 12.0 Å². The van der Waals surface area contributed by atoms with E-state index in [0.717, 1.165) is 17.9 Å². The van der Waals surface area contributed by atoms with E-state index in [1.165, 1.54) is 22.4 Å². The van der Waals surface area contributed by atoms with Crippen molar-refractivity contribution < 1.29 is 9.67 Å². The molecule has 0 unspecified atom stereocenters. The minimum atomic E-state index is -0.0855. The van der Waals surface area contributed by atoms with Crippen LogP contribution in [0.5, 0.6) is 0 Å². The van der Waals surface area contributed by atoms with Crippen LogP contribution in [0.3, 0.4) is 0 Å². The van der Waals surface area contributed by atoms with Crippen LogP contribution in [0, 0.1) is 0 Å². The van der Waals surface area contributed by atoms with Crippen molar-refractivity contribution in [1.29, 1.82) is 0 Å². The molecule has 150 valence electrons. The van der Waals surface area contributed by atoms with Crippen molar-refractivity contribution in [3.05, 3.63) is 71.7 Å². The molecule has 1 aromatic carbocycles. The molecule has 0 amide bonds. The third kappa shape index (κ3) is 3.51. The first kappa shape index (κ1) is 19.2. The number of nitrogen functional groups attached to an aromatic ring is 1. The number of nitrogens with two attached hydrogens (primary N) is 1. The van der Waals surface area contributed by atoms with Gasteiger partial charge in [-0.25, -0.2) is 4.68 Å². The topological polar surface area (TPSA) is 80.0 Å². The number of nitrogens with one attached hydrogen (secondary N) is 1. The van der Waals surface area contributed by atoms with Crippen molar-refractivity contribution >= 4 is 22.8 Å². The number of aliphatic hydroxyl groups is 1. The van der Waals surface area contributed by atoms with Gasteiger partial charge in [0.15, 0.2) is 12.7 Å². The molecule has 0 radical (unpaired) electrons. The monoisotopic (exact) mass is 390 g/mol. The number of pyridine rings is 1. The van der Waals surface area contributed by atoms with Crippen molar-refractivity contribution in [2.45, 2.75) is 39.3 Å². The first-order chi connectivity index (χ1) is 13.9. The first-order valence-electron chi connectivity index (χ1n) is 9.92. The molecule has 0 bridgehead atoms. The molecule has 6 nitrogen and oxygen atoms in total. The Morgan fingerprint density at radius 3 is 2.76 bits per heavy atom. The van der Waals surface area contributed by atoms with Gasteiger partial charge in [-0.3, -0.25) is 0 Å². The zero-order valence-electron chi connectivity index (χ0n) is 17.2. The van der Waals surface area contributed by atoms with E-state index in [0.29, 0.717) is 12.4 Å². The van der Waals surface area contributed by atoms with Gasteiger partial charge in [0.1, 0.15) is 11.5 Å². The molecule has 0 atom stereocenters. The Morgan fingerprint density at radius 1 is 1.17 bits per heavy atom. The highest BCUT2D eigenvalue weighted by Gasteiger charge is 2.29. The van der Waals surface area contributed by atoms with Crippen LogP contribution in [0.1, 0.15) is 37.6 Å². The van der Waals surface area contributed by atoms with Crippen molar-refractivity contribution in [2.24, 2.45) is 0 Å². The number of benzene rings is 1. The van der Waals surface area contributed by atoms with Gasteiger partial charge < -0.3 is 16.2 Å². The number of aliphatic hydroxyl groups excluding tert-OH is 1. The number of fused-ring (bicyclic) bond motifs is 1. The van der Waals surface area contributed by atoms with Gasteiger partial charge in [-0.1, -0.05) is 32.9 Å². The molecule has 0 saturated heterocycles. The van der Waals surface area contributed by atoms with Crippen molar-refractivity contribution in [2.75, 3.05) is 17.7 Å². The van der Waals surface area contributed by atoms with Gasteiger partial charge in [0.25, 0.3) is 0 Å². The van der Waals surface area contributed by atoms with E-state index >= 15 is 0 Å². The Hall–Kier alpha value is -3.12. The minimum Gasteiger partial charge on any atom is -0.394 e. The summed E-state index contributed by atoms with van der Waals surface area (Å²) in [6.07, 6.45) is 6.12. The summed E-state index contributed by atoms with van der Waals surface area (Å²) in [5, 5.41) is 17.0. The van der Waals surface area contributed by atoms with Gasteiger partial charge in [-0.2, -0.15) is 9.67 Å². The fourth-order valence-electron chi connectivity index (χ4n) is 4.02. The molecular weight excluding hydrogens is 362 g/mol. The maximum absolute atomic E-state index is 9.19. The Bertz CT molecular complexity index is 1080. The Balaban J connectivity index is 1.80. The van der Waals surface area contributed by atoms with E-state index in [1.54, 1.807) is 10.9 Å². The van der Waals surface area contributed by atoms with E-state index in [2.05, 4.69) is 84.4 Å². The van der Waals surface area contributed by atoms with Gasteiger partial charge >= 0.3 is 0 Å². The predicted octanol–water partition coefficient (Wildman–Crippen LogP) is 3.23. The molecule has 4 N–H and O–H groups in total. The smallest absolute Gasteiger partial charge is 0.213 e. The number of anilines is 3. The Labute approximate surface area is 171 Å². The van der Waals surface area contributed by atoms with Crippen LogP contribution in [0.4, 0.5) is 17.2 Å². The molecule has 0 spiro atoms. The van der Waals surface area contributed by atoms with Crippen LogP contribution in [-0.4, -0.2) is 21.5 Å². The highest BCUT2D eigenvalue weighted by Crippen LogP contribution is 2.40. The van der Waals surface area contributed by atoms with E-state index in [9.17, 15) is 5.11 Å². The molecule has 0 saturated carbocycles. The summed E-state index contributed by atoms with van der Waals surface area (Å²) in [6, 6.07) is 12.7. The third-order valence-corrected chi connectivity index (χ3v) is 5.27. The zero-order chi connectivity index (χ0) is 20.6. The Kier molecular flexibility index (Phi) is 4.88. The van der Waals surface area contributed by atoms with Crippen LogP contribution < -0.4 is 15.6 Å². The van der Waals surface area contributed by atoms with E-state index < -0.39 is 0 Å². The molecule has 0 fully saturated rings. The lowest BCUT2D eigenvalue weighted by atomic mass is 9.80. The SMILES string of the molecule is CC(C)(C)c1c(Nc2cnn(CCO)c2N)cccc1C1=CC[n+]2ccccc21. The second-order valence-electron chi connectivity index (χ2n) is 8.35. The van der Waals surface area contributed by atoms with E-state index in [1.807, 2.05) is 0 Å². The lowest BCUT2D eigenvalue weighted by molar-refractivity contribution is -0.684. The number of allylic oxidation sites excluding steroid dienone is 1. The summed E-state index contributed by atoms with van der Waals surface area (Å²) in [5.41, 5.74) is 12.8. The van der Waals surface area contributed by atoms with Gasteiger partial charge in [0, 0.05) is 17.8 Å². The molecule has 29 heavy (non-hydrogen) atoms. The van der Waals surface area contributed by atoms with Crippen LogP contribution in [-0.2, 0) is 18.5 Å². The molecule has 3 heterocycles. The third-order valence-electron chi connectivity index (χ3n) is 5.27. The summed E-state index contributed by atoms with van der Waals surface area (Å²) in [6.45, 7) is 7.94. The van der Waals surface area contributed by atoms with Crippen LogP contribution in [0.15, 0.2) is 54.9 Å². The number of rotatable bonds is 5. The number of hydrogen-bond donors (Lipinski definition) is 3. The average molecular weight is 391 g/mol. The summed E-state index contributed by atoms with van der Waals surface area (Å²) in [5.74, 6) is 0.519. The maximum Gasteiger partial charge on any atom is 0.213 e. The second kappa shape index (κ2) is 7.37. The molecule has 4 rings (SSSR count). The number of nitrogens with zero attached hydrogens (tertiary/aromatic N) is 3. The highest BCUT2D eigenvalue weighted by molar-refractivity contribution is 5.84. The van der Waals surface area contributed by atoms with E-state index in [4.69, 9.17) is 5.73 Å². The summed E-state index contributed by atoms with van der Waals surface area (Å²) < 4.78 is 3.87. The van der Waals surface area contributed by atoms with Crippen molar-refractivity contribution in [3.8, 4) is 0 Å². The first-order valence-corrected chi connectivity index (χ1v) is 9.92. The normalized spacial score (nSPS) is 13.3. The second-order valence-corrected chi connectivity index (χ2v) is 8.35. The van der Waals surface area contributed by atoms with Crippen molar-refractivity contribution in [1.82, 2.24) is 9.78 Å². The molecule has 0 aliphatic carbocycles. The molecule has 1 aliphatic heterocycles. The number of hydrogen-bond acceptors (Lipinski definition) is 4. The van der Waals surface area contributed by atoms with Gasteiger partial charge in [-0.05, 0) is 34.8 Å². The minimum absolute atomic E-state index is 0.000718. The average Bonchev–Trinajstić information content (AvgIpc) is 3.26. The molecule has 6 heteroatoms. The lowest BCUT2D eigenvalue weighted by Crippen LogP contribution is -2.32. The van der Waals surface area contributed by atoms with Gasteiger partial charge in [-0.15, -0.1) is 0 Å². The van der Waals surface area contributed by atoms with Gasteiger partial charge in [0.05, 0.1) is 24.9 Å². The fourth-order valence-corrected chi connectivity index (χ4v) is 4.02. The number of aromatic nitrogens is 3. The zero-order valence-corrected chi connectivity index (χ0v) is 17.2. The summed E-state index contributed by atoms with van der Waals surface area (Å²) >= 11 is 0. The van der Waals surface area contributed by atoms with Gasteiger partial charge in [0.2, 0.25) is 5.69 Å². The summed E-state index contributed by atoms with van der Waals surface area (Å²) in [4.78, 5) is 0. The fraction of sp³-hybridized carbons (Fsp3) is 0.304. The highest BCUT2D eigenvalue weighted by atomic mass is 16.3. The predicted molar refractivity (Wildman–Crippen MR) is 116 cm³/mol. The molecule has 1 aliphatic rings. The maximum atomic E-state index is 9.19. The quantitative estimate of drug-likeness (QED) is 0.585. The van der Waals surface area contributed by atoms with Crippen molar-refractivity contribution in [3.63, 3.8) is 0 Å². The largest absolute Gasteiger partial charge is 0.394 e. The summed E-state index contributed by atoms with van der Waals surface area (Å²) in [7, 11) is 0. The lowest BCUT2D eigenvalue weighted by Gasteiger charge is -2.27. The van der Waals surface area contributed by atoms with Crippen LogP contribution in [0.2, 0.25) is 0 Å². The standard InChI is InChI=1S/C23H28N5O/c1-23(2,3)21-17(16-10-12-27-11-5-4-9-20(16)27)7-6-8-18(21)26-19-15-25-28(13-14-29)22(19)24/h4-11,15,26,29H,12-14,24H2,1-3H3/q+1. The Morgan fingerprint density at radius 2 is 2.00 bits per heavy atom.